The molecule has 13 heavy (non-hydrogen) atoms. The summed E-state index contributed by atoms with van der Waals surface area (Å²) in [5.41, 5.74) is 0.700. The van der Waals surface area contributed by atoms with E-state index in [1.165, 1.54) is 7.05 Å². The van der Waals surface area contributed by atoms with Gasteiger partial charge in [-0.1, -0.05) is 19.0 Å². The van der Waals surface area contributed by atoms with Crippen LogP contribution in [0.5, 0.6) is 0 Å². The fourth-order valence-corrected chi connectivity index (χ4v) is 0.592. The van der Waals surface area contributed by atoms with Gasteiger partial charge in [0.2, 0.25) is 0 Å². The first-order chi connectivity index (χ1) is 6.11. The summed E-state index contributed by atoms with van der Waals surface area (Å²) in [6, 6.07) is 0. The van der Waals surface area contributed by atoms with Gasteiger partial charge in [-0.25, -0.2) is 4.79 Å². The minimum atomic E-state index is -0.575. The first-order valence-corrected chi connectivity index (χ1v) is 4.06. The molecule has 0 fully saturated rings. The summed E-state index contributed by atoms with van der Waals surface area (Å²) in [4.78, 5) is 15.2. The molecule has 0 spiro atoms. The Balaban J connectivity index is 4.11. The second-order valence-corrected chi connectivity index (χ2v) is 2.80. The third kappa shape index (κ3) is 5.19. The molecule has 5 heteroatoms. The molecule has 5 nitrogen and oxygen atoms in total. The van der Waals surface area contributed by atoms with Crippen LogP contribution in [-0.2, 0) is 9.57 Å². The molecule has 1 amide bonds. The lowest BCUT2D eigenvalue weighted by atomic mass is 10.1. The molecule has 0 aromatic carbocycles. The first-order valence-electron chi connectivity index (χ1n) is 4.06. The predicted octanol–water partition coefficient (Wildman–Crippen LogP) is 1.00. The van der Waals surface area contributed by atoms with Crippen LogP contribution in [0.15, 0.2) is 5.16 Å². The predicted molar refractivity (Wildman–Crippen MR) is 49.7 cm³/mol. The van der Waals surface area contributed by atoms with Crippen molar-refractivity contribution in [3.05, 3.63) is 0 Å². The van der Waals surface area contributed by atoms with Crippen LogP contribution in [0, 0.1) is 5.92 Å². The Hall–Kier alpha value is -1.10. The minimum Gasteiger partial charge on any atom is -0.379 e. The van der Waals surface area contributed by atoms with E-state index in [0.29, 0.717) is 12.3 Å². The maximum absolute atomic E-state index is 10.7. The molecule has 0 rings (SSSR count). The van der Waals surface area contributed by atoms with E-state index in [4.69, 9.17) is 4.74 Å². The normalized spacial score (nSPS) is 11.6. The van der Waals surface area contributed by atoms with Crippen LogP contribution in [0.4, 0.5) is 4.79 Å². The van der Waals surface area contributed by atoms with Crippen molar-refractivity contribution in [2.75, 3.05) is 20.8 Å². The second-order valence-electron chi connectivity index (χ2n) is 2.80. The zero-order valence-electron chi connectivity index (χ0n) is 8.46. The Kier molecular flexibility index (Phi) is 5.88. The van der Waals surface area contributed by atoms with E-state index in [0.717, 1.165) is 0 Å². The van der Waals surface area contributed by atoms with E-state index in [1.54, 1.807) is 7.11 Å². The zero-order valence-corrected chi connectivity index (χ0v) is 8.46. The minimum absolute atomic E-state index is 0.199. The van der Waals surface area contributed by atoms with Crippen LogP contribution in [-0.4, -0.2) is 32.6 Å². The number of carbonyl (C=O) groups is 1. The van der Waals surface area contributed by atoms with Crippen molar-refractivity contribution in [3.8, 4) is 0 Å². The van der Waals surface area contributed by atoms with E-state index in [9.17, 15) is 4.79 Å². The largest absolute Gasteiger partial charge is 0.433 e. The summed E-state index contributed by atoms with van der Waals surface area (Å²) in [6.45, 7) is 4.27. The molecule has 1 N–H and O–H groups in total. The van der Waals surface area contributed by atoms with Crippen molar-refractivity contribution in [3.63, 3.8) is 0 Å². The fourth-order valence-electron chi connectivity index (χ4n) is 0.592. The van der Waals surface area contributed by atoms with E-state index < -0.39 is 6.09 Å². The van der Waals surface area contributed by atoms with E-state index in [2.05, 4.69) is 15.3 Å². The van der Waals surface area contributed by atoms with Crippen LogP contribution >= 0.6 is 0 Å². The lowest BCUT2D eigenvalue weighted by molar-refractivity contribution is 0.150. The molecule has 0 aromatic heterocycles. The van der Waals surface area contributed by atoms with Gasteiger partial charge in [0.1, 0.15) is 0 Å². The molecular weight excluding hydrogens is 172 g/mol. The number of amides is 1. The highest BCUT2D eigenvalue weighted by molar-refractivity contribution is 5.87. The lowest BCUT2D eigenvalue weighted by Gasteiger charge is -2.07. The van der Waals surface area contributed by atoms with Crippen molar-refractivity contribution in [2.45, 2.75) is 13.8 Å². The smallest absolute Gasteiger partial charge is 0.379 e. The number of oxime groups is 1. The maximum Gasteiger partial charge on any atom is 0.433 e. The van der Waals surface area contributed by atoms with Gasteiger partial charge < -0.3 is 10.1 Å². The molecular formula is C8H16N2O3. The van der Waals surface area contributed by atoms with Crippen LogP contribution in [0.25, 0.3) is 0 Å². The van der Waals surface area contributed by atoms with Gasteiger partial charge in [0.25, 0.3) is 0 Å². The number of carbonyl (C=O) groups excluding carboxylic acids is 1. The van der Waals surface area contributed by atoms with E-state index in [1.807, 2.05) is 13.8 Å². The first kappa shape index (κ1) is 11.9. The van der Waals surface area contributed by atoms with Gasteiger partial charge in [0.05, 0.1) is 12.3 Å². The molecule has 0 bridgehead atoms. The molecule has 0 saturated heterocycles. The topological polar surface area (TPSA) is 59.9 Å². The van der Waals surface area contributed by atoms with Crippen LogP contribution < -0.4 is 5.32 Å². The van der Waals surface area contributed by atoms with E-state index >= 15 is 0 Å². The van der Waals surface area contributed by atoms with Gasteiger partial charge >= 0.3 is 6.09 Å². The molecule has 0 aromatic rings. The number of hydrogen-bond acceptors (Lipinski definition) is 4. The van der Waals surface area contributed by atoms with Crippen molar-refractivity contribution < 1.29 is 14.4 Å². The van der Waals surface area contributed by atoms with Crippen molar-refractivity contribution >= 4 is 11.8 Å². The SMILES string of the molecule is CNC(=O)ON=C(COC)C(C)C. The van der Waals surface area contributed by atoms with Gasteiger partial charge in [-0.15, -0.1) is 0 Å². The van der Waals surface area contributed by atoms with Gasteiger partial charge in [-0.3, -0.25) is 4.84 Å². The number of nitrogens with zero attached hydrogens (tertiary/aromatic N) is 1. The maximum atomic E-state index is 10.7. The van der Waals surface area contributed by atoms with Gasteiger partial charge in [0, 0.05) is 14.2 Å². The molecule has 0 heterocycles. The Labute approximate surface area is 78.1 Å². The standard InChI is InChI=1S/C8H16N2O3/c1-6(2)7(5-12-4)10-13-8(11)9-3/h6H,5H2,1-4H3,(H,9,11). The molecule has 0 unspecified atom stereocenters. The van der Waals surface area contributed by atoms with Crippen molar-refractivity contribution in [1.29, 1.82) is 0 Å². The van der Waals surface area contributed by atoms with Crippen LogP contribution in [0.1, 0.15) is 13.8 Å². The summed E-state index contributed by atoms with van der Waals surface area (Å²) < 4.78 is 4.89. The highest BCUT2D eigenvalue weighted by atomic mass is 16.7. The van der Waals surface area contributed by atoms with Crippen molar-refractivity contribution in [1.82, 2.24) is 5.32 Å². The second kappa shape index (κ2) is 6.42. The van der Waals surface area contributed by atoms with Crippen LogP contribution in [0.2, 0.25) is 0 Å². The van der Waals surface area contributed by atoms with Gasteiger partial charge in [-0.2, -0.15) is 0 Å². The molecule has 0 saturated carbocycles. The van der Waals surface area contributed by atoms with E-state index in [-0.39, 0.29) is 5.92 Å². The third-order valence-corrected chi connectivity index (χ3v) is 1.41. The number of nitrogens with one attached hydrogen (secondary N) is 1. The van der Waals surface area contributed by atoms with Gasteiger partial charge in [0.15, 0.2) is 0 Å². The zero-order chi connectivity index (χ0) is 10.3. The Morgan fingerprint density at radius 3 is 2.54 bits per heavy atom. The number of ether oxygens (including phenoxy) is 1. The fraction of sp³-hybridized carbons (Fsp3) is 0.750. The average molecular weight is 188 g/mol. The van der Waals surface area contributed by atoms with Gasteiger partial charge in [-0.05, 0) is 5.92 Å². The highest BCUT2D eigenvalue weighted by Gasteiger charge is 2.06. The number of methoxy groups -OCH3 is 1. The molecule has 0 radical (unpaired) electrons. The summed E-state index contributed by atoms with van der Waals surface area (Å²) in [7, 11) is 3.04. The Morgan fingerprint density at radius 1 is 1.54 bits per heavy atom. The quantitative estimate of drug-likeness (QED) is 0.407. The Bertz CT molecular complexity index is 190. The number of rotatable bonds is 4. The summed E-state index contributed by atoms with van der Waals surface area (Å²) in [5, 5.41) is 5.96. The lowest BCUT2D eigenvalue weighted by Crippen LogP contribution is -2.20. The highest BCUT2D eigenvalue weighted by Crippen LogP contribution is 1.98. The molecule has 76 valence electrons. The molecule has 0 aliphatic heterocycles. The summed E-state index contributed by atoms with van der Waals surface area (Å²) in [6.07, 6.45) is -0.575. The molecule has 0 aliphatic carbocycles. The Morgan fingerprint density at radius 2 is 2.15 bits per heavy atom. The summed E-state index contributed by atoms with van der Waals surface area (Å²) >= 11 is 0. The number of hydrogen-bond donors (Lipinski definition) is 1. The average Bonchev–Trinajstić information content (AvgIpc) is 2.11. The molecule has 0 atom stereocenters. The summed E-state index contributed by atoms with van der Waals surface area (Å²) in [5.74, 6) is 0.199. The van der Waals surface area contributed by atoms with Crippen LogP contribution in [0.3, 0.4) is 0 Å². The monoisotopic (exact) mass is 188 g/mol. The third-order valence-electron chi connectivity index (χ3n) is 1.41. The molecule has 0 aliphatic rings. The van der Waals surface area contributed by atoms with Crippen molar-refractivity contribution in [2.24, 2.45) is 11.1 Å².